The van der Waals surface area contributed by atoms with E-state index in [2.05, 4.69) is 5.32 Å². The van der Waals surface area contributed by atoms with Crippen molar-refractivity contribution in [1.29, 1.82) is 0 Å². The van der Waals surface area contributed by atoms with Gasteiger partial charge >= 0.3 is 6.03 Å². The van der Waals surface area contributed by atoms with E-state index in [-0.39, 0.29) is 19.6 Å². The third-order valence-corrected chi connectivity index (χ3v) is 3.93. The topological polar surface area (TPSA) is 69.3 Å². The monoisotopic (exact) mass is 328 g/mol. The first kappa shape index (κ1) is 14.5. The molecule has 2 aliphatic heterocycles. The minimum atomic E-state index is -0.216. The number of ether oxygens (including phenoxy) is 4. The summed E-state index contributed by atoms with van der Waals surface area (Å²) in [5.41, 5.74) is 1.66. The average molecular weight is 328 g/mol. The van der Waals surface area contributed by atoms with Gasteiger partial charge in [-0.3, -0.25) is 4.90 Å². The minimum absolute atomic E-state index is 0.207. The van der Waals surface area contributed by atoms with Crippen molar-refractivity contribution >= 4 is 11.7 Å². The van der Waals surface area contributed by atoms with Gasteiger partial charge in [0.05, 0.1) is 0 Å². The number of urea groups is 1. The lowest BCUT2D eigenvalue weighted by Crippen LogP contribution is -2.36. The van der Waals surface area contributed by atoms with Crippen LogP contribution in [0, 0.1) is 0 Å². The highest BCUT2D eigenvalue weighted by Gasteiger charge is 2.18. The fourth-order valence-corrected chi connectivity index (χ4v) is 2.56. The van der Waals surface area contributed by atoms with E-state index in [0.717, 1.165) is 17.0 Å². The number of amides is 2. The molecule has 0 aliphatic carbocycles. The lowest BCUT2D eigenvalue weighted by Gasteiger charge is -2.18. The van der Waals surface area contributed by atoms with Gasteiger partial charge in [-0.2, -0.15) is 0 Å². The Kier molecular flexibility index (Phi) is 3.53. The summed E-state index contributed by atoms with van der Waals surface area (Å²) >= 11 is 0. The maximum Gasteiger partial charge on any atom is 0.321 e. The second-order valence-electron chi connectivity index (χ2n) is 5.44. The Hall–Kier alpha value is -3.09. The van der Waals surface area contributed by atoms with Gasteiger partial charge in [-0.1, -0.05) is 6.07 Å². The van der Waals surface area contributed by atoms with Crippen LogP contribution in [-0.4, -0.2) is 26.7 Å². The number of benzene rings is 2. The van der Waals surface area contributed by atoms with E-state index in [1.54, 1.807) is 19.2 Å². The molecule has 2 aromatic rings. The molecular formula is C17H16N2O5. The quantitative estimate of drug-likeness (QED) is 0.937. The van der Waals surface area contributed by atoms with Crippen molar-refractivity contribution in [3.63, 3.8) is 0 Å². The molecule has 2 aliphatic rings. The largest absolute Gasteiger partial charge is 0.454 e. The number of rotatable bonds is 3. The number of fused-ring (bicyclic) bond motifs is 2. The fourth-order valence-electron chi connectivity index (χ4n) is 2.56. The smallest absolute Gasteiger partial charge is 0.321 e. The molecule has 2 heterocycles. The van der Waals surface area contributed by atoms with Crippen molar-refractivity contribution in [1.82, 2.24) is 5.32 Å². The van der Waals surface area contributed by atoms with Crippen LogP contribution < -0.4 is 29.2 Å². The Balaban J connectivity index is 1.40. The molecule has 0 aromatic heterocycles. The zero-order chi connectivity index (χ0) is 16.5. The van der Waals surface area contributed by atoms with Crippen molar-refractivity contribution in [2.45, 2.75) is 6.54 Å². The van der Waals surface area contributed by atoms with Gasteiger partial charge in [0.25, 0.3) is 0 Å². The van der Waals surface area contributed by atoms with Crippen LogP contribution in [0.2, 0.25) is 0 Å². The first-order valence-electron chi connectivity index (χ1n) is 7.50. The zero-order valence-corrected chi connectivity index (χ0v) is 13.1. The lowest BCUT2D eigenvalue weighted by atomic mass is 10.2. The van der Waals surface area contributed by atoms with E-state index >= 15 is 0 Å². The summed E-state index contributed by atoms with van der Waals surface area (Å²) in [7, 11) is 1.70. The summed E-state index contributed by atoms with van der Waals surface area (Å²) in [6.45, 7) is 0.834. The molecule has 4 rings (SSSR count). The molecule has 0 fully saturated rings. The van der Waals surface area contributed by atoms with Crippen LogP contribution in [0.1, 0.15) is 5.56 Å². The van der Waals surface area contributed by atoms with Crippen LogP contribution in [0.4, 0.5) is 10.5 Å². The zero-order valence-electron chi connectivity index (χ0n) is 13.1. The van der Waals surface area contributed by atoms with E-state index in [9.17, 15) is 4.79 Å². The second-order valence-corrected chi connectivity index (χ2v) is 5.44. The van der Waals surface area contributed by atoms with Crippen molar-refractivity contribution in [2.24, 2.45) is 0 Å². The van der Waals surface area contributed by atoms with Gasteiger partial charge in [-0.05, 0) is 29.8 Å². The van der Waals surface area contributed by atoms with Crippen LogP contribution in [0.25, 0.3) is 0 Å². The molecule has 0 radical (unpaired) electrons. The third-order valence-electron chi connectivity index (χ3n) is 3.93. The highest BCUT2D eigenvalue weighted by Crippen LogP contribution is 2.35. The summed E-state index contributed by atoms with van der Waals surface area (Å²) in [5.74, 6) is 2.75. The molecule has 124 valence electrons. The van der Waals surface area contributed by atoms with Crippen LogP contribution in [0.5, 0.6) is 23.0 Å². The molecule has 0 atom stereocenters. The summed E-state index contributed by atoms with van der Waals surface area (Å²) in [5, 5.41) is 2.87. The number of hydrogen-bond donors (Lipinski definition) is 1. The summed E-state index contributed by atoms with van der Waals surface area (Å²) in [6.07, 6.45) is 0. The number of anilines is 1. The molecule has 1 N–H and O–H groups in total. The Morgan fingerprint density at radius 2 is 1.58 bits per heavy atom. The first-order valence-corrected chi connectivity index (χ1v) is 7.50. The van der Waals surface area contributed by atoms with E-state index in [1.807, 2.05) is 24.3 Å². The Labute approximate surface area is 138 Å². The highest BCUT2D eigenvalue weighted by molar-refractivity contribution is 5.91. The van der Waals surface area contributed by atoms with Gasteiger partial charge in [-0.15, -0.1) is 0 Å². The summed E-state index contributed by atoms with van der Waals surface area (Å²) in [4.78, 5) is 13.9. The Bertz CT molecular complexity index is 793. The van der Waals surface area contributed by atoms with Gasteiger partial charge in [-0.25, -0.2) is 4.79 Å². The summed E-state index contributed by atoms with van der Waals surface area (Å²) < 4.78 is 21.2. The van der Waals surface area contributed by atoms with Gasteiger partial charge in [0.1, 0.15) is 0 Å². The Morgan fingerprint density at radius 3 is 2.33 bits per heavy atom. The molecular weight excluding hydrogens is 312 g/mol. The maximum atomic E-state index is 12.3. The van der Waals surface area contributed by atoms with Gasteiger partial charge in [0, 0.05) is 25.3 Å². The maximum absolute atomic E-state index is 12.3. The second kappa shape index (κ2) is 5.84. The molecule has 2 amide bonds. The predicted molar refractivity (Wildman–Crippen MR) is 85.8 cm³/mol. The SMILES string of the molecule is CN(C(=O)NCc1ccc2c(c1)OCO2)c1ccc2c(c1)OCO2. The Morgan fingerprint density at radius 1 is 0.958 bits per heavy atom. The van der Waals surface area contributed by atoms with E-state index < -0.39 is 0 Å². The van der Waals surface area contributed by atoms with E-state index in [0.29, 0.717) is 23.8 Å². The molecule has 7 heteroatoms. The molecule has 0 saturated heterocycles. The van der Waals surface area contributed by atoms with Crippen molar-refractivity contribution in [3.8, 4) is 23.0 Å². The fraction of sp³-hybridized carbons (Fsp3) is 0.235. The molecule has 7 nitrogen and oxygen atoms in total. The predicted octanol–water partition coefficient (Wildman–Crippen LogP) is 2.49. The van der Waals surface area contributed by atoms with Crippen LogP contribution in [0.3, 0.4) is 0 Å². The molecule has 0 spiro atoms. The molecule has 24 heavy (non-hydrogen) atoms. The number of nitrogens with one attached hydrogen (secondary N) is 1. The molecule has 0 saturated carbocycles. The lowest BCUT2D eigenvalue weighted by molar-refractivity contribution is 0.173. The van der Waals surface area contributed by atoms with E-state index in [4.69, 9.17) is 18.9 Å². The number of carbonyl (C=O) groups excluding carboxylic acids is 1. The van der Waals surface area contributed by atoms with Crippen LogP contribution in [-0.2, 0) is 6.54 Å². The number of hydrogen-bond acceptors (Lipinski definition) is 5. The molecule has 2 aromatic carbocycles. The highest BCUT2D eigenvalue weighted by atomic mass is 16.7. The number of nitrogens with zero attached hydrogens (tertiary/aromatic N) is 1. The average Bonchev–Trinajstić information content (AvgIpc) is 3.26. The van der Waals surface area contributed by atoms with Crippen molar-refractivity contribution < 1.29 is 23.7 Å². The standard InChI is InChI=1S/C17H16N2O5/c1-19(12-3-5-14-16(7-12)24-10-22-14)17(20)18-8-11-2-4-13-15(6-11)23-9-21-13/h2-7H,8-10H2,1H3,(H,18,20). The van der Waals surface area contributed by atoms with Crippen LogP contribution in [0.15, 0.2) is 36.4 Å². The molecule has 0 unspecified atom stereocenters. The summed E-state index contributed by atoms with van der Waals surface area (Å²) in [6, 6.07) is 10.8. The normalized spacial score (nSPS) is 13.7. The van der Waals surface area contributed by atoms with Crippen molar-refractivity contribution in [2.75, 3.05) is 25.5 Å². The first-order chi connectivity index (χ1) is 11.7. The van der Waals surface area contributed by atoms with E-state index in [1.165, 1.54) is 4.90 Å². The van der Waals surface area contributed by atoms with Gasteiger partial charge < -0.3 is 24.3 Å². The third kappa shape index (κ3) is 2.64. The molecule has 0 bridgehead atoms. The van der Waals surface area contributed by atoms with Crippen LogP contribution >= 0.6 is 0 Å². The van der Waals surface area contributed by atoms with Gasteiger partial charge in [0.2, 0.25) is 13.6 Å². The number of carbonyl (C=O) groups is 1. The van der Waals surface area contributed by atoms with Crippen molar-refractivity contribution in [3.05, 3.63) is 42.0 Å². The minimum Gasteiger partial charge on any atom is -0.454 e. The van der Waals surface area contributed by atoms with Gasteiger partial charge in [0.15, 0.2) is 23.0 Å².